The molecule has 1 amide bonds. The molecule has 4 heteroatoms. The van der Waals surface area contributed by atoms with E-state index in [1.54, 1.807) is 11.9 Å². The number of nitrogens with zero attached hydrogens (tertiary/aromatic N) is 1. The molecule has 0 radical (unpaired) electrons. The molecule has 1 aromatic carbocycles. The third-order valence-electron chi connectivity index (χ3n) is 3.34. The van der Waals surface area contributed by atoms with Crippen molar-refractivity contribution < 1.29 is 9.53 Å². The fourth-order valence-corrected chi connectivity index (χ4v) is 1.74. The van der Waals surface area contributed by atoms with Gasteiger partial charge in [-0.15, -0.1) is 0 Å². The van der Waals surface area contributed by atoms with Crippen LogP contribution in [0.25, 0.3) is 0 Å². The maximum Gasteiger partial charge on any atom is 0.260 e. The third kappa shape index (κ3) is 6.63. The van der Waals surface area contributed by atoms with Crippen molar-refractivity contribution in [3.05, 3.63) is 29.8 Å². The van der Waals surface area contributed by atoms with Gasteiger partial charge in [-0.25, -0.2) is 0 Å². The Morgan fingerprint density at radius 1 is 1.19 bits per heavy atom. The number of ether oxygens (including phenoxy) is 1. The van der Waals surface area contributed by atoms with Gasteiger partial charge in [0, 0.05) is 19.6 Å². The van der Waals surface area contributed by atoms with Crippen LogP contribution in [0.5, 0.6) is 5.75 Å². The second-order valence-electron chi connectivity index (χ2n) is 6.06. The Labute approximate surface area is 128 Å². The molecule has 0 aliphatic carbocycles. The van der Waals surface area contributed by atoms with Crippen LogP contribution in [-0.2, 0) is 11.3 Å². The quantitative estimate of drug-likeness (QED) is 0.801. The standard InChI is InChI=1S/C17H28N2O2/c1-13(2)10-18-11-15-6-8-16(9-7-15)21-12-17(20)19(5)14(3)4/h6-9,13-14,18H,10-12H2,1-5H3. The Kier molecular flexibility index (Phi) is 7.23. The van der Waals surface area contributed by atoms with E-state index in [-0.39, 0.29) is 18.6 Å². The lowest BCUT2D eigenvalue weighted by Crippen LogP contribution is -2.36. The summed E-state index contributed by atoms with van der Waals surface area (Å²) in [6.07, 6.45) is 0. The first-order chi connectivity index (χ1) is 9.90. The van der Waals surface area contributed by atoms with E-state index in [9.17, 15) is 4.79 Å². The molecule has 0 bridgehead atoms. The molecule has 0 fully saturated rings. The minimum atomic E-state index is -0.00678. The van der Waals surface area contributed by atoms with Gasteiger partial charge < -0.3 is 15.0 Å². The van der Waals surface area contributed by atoms with E-state index in [1.165, 1.54) is 5.56 Å². The Morgan fingerprint density at radius 2 is 1.81 bits per heavy atom. The topological polar surface area (TPSA) is 41.6 Å². The van der Waals surface area contributed by atoms with Crippen molar-refractivity contribution in [2.75, 3.05) is 20.2 Å². The Balaban J connectivity index is 2.39. The van der Waals surface area contributed by atoms with Crippen molar-refractivity contribution in [2.45, 2.75) is 40.3 Å². The summed E-state index contributed by atoms with van der Waals surface area (Å²) in [6.45, 7) is 10.3. The molecule has 1 rings (SSSR count). The van der Waals surface area contributed by atoms with Gasteiger partial charge in [0.1, 0.15) is 5.75 Å². The number of likely N-dealkylation sites (N-methyl/N-ethyl adjacent to an activating group) is 1. The Bertz CT molecular complexity index is 427. The molecule has 21 heavy (non-hydrogen) atoms. The Hall–Kier alpha value is -1.55. The number of rotatable bonds is 8. The maximum absolute atomic E-state index is 11.8. The normalized spacial score (nSPS) is 11.0. The zero-order valence-corrected chi connectivity index (χ0v) is 13.8. The second-order valence-corrected chi connectivity index (χ2v) is 6.06. The number of nitrogens with one attached hydrogen (secondary N) is 1. The zero-order valence-electron chi connectivity index (χ0n) is 13.8. The molecule has 118 valence electrons. The van der Waals surface area contributed by atoms with Crippen LogP contribution >= 0.6 is 0 Å². The van der Waals surface area contributed by atoms with Gasteiger partial charge in [-0.1, -0.05) is 26.0 Å². The predicted octanol–water partition coefficient (Wildman–Crippen LogP) is 2.68. The number of carbonyl (C=O) groups excluding carboxylic acids is 1. The van der Waals surface area contributed by atoms with Crippen molar-refractivity contribution in [3.8, 4) is 5.75 Å². The first-order valence-corrected chi connectivity index (χ1v) is 7.58. The zero-order chi connectivity index (χ0) is 15.8. The van der Waals surface area contributed by atoms with Crippen LogP contribution in [0.1, 0.15) is 33.3 Å². The molecule has 0 saturated carbocycles. The van der Waals surface area contributed by atoms with Crippen molar-refractivity contribution in [1.29, 1.82) is 0 Å². The maximum atomic E-state index is 11.8. The SMILES string of the molecule is CC(C)CNCc1ccc(OCC(=O)N(C)C(C)C)cc1. The average molecular weight is 292 g/mol. The van der Waals surface area contributed by atoms with E-state index >= 15 is 0 Å². The lowest BCUT2D eigenvalue weighted by Gasteiger charge is -2.21. The van der Waals surface area contributed by atoms with Crippen molar-refractivity contribution in [3.63, 3.8) is 0 Å². The van der Waals surface area contributed by atoms with Crippen molar-refractivity contribution in [2.24, 2.45) is 5.92 Å². The van der Waals surface area contributed by atoms with Gasteiger partial charge in [0.25, 0.3) is 5.91 Å². The van der Waals surface area contributed by atoms with Gasteiger partial charge in [-0.2, -0.15) is 0 Å². The van der Waals surface area contributed by atoms with E-state index in [0.29, 0.717) is 5.92 Å². The summed E-state index contributed by atoms with van der Waals surface area (Å²) in [5, 5.41) is 3.40. The van der Waals surface area contributed by atoms with Crippen LogP contribution in [0, 0.1) is 5.92 Å². The van der Waals surface area contributed by atoms with Crippen LogP contribution in [-0.4, -0.2) is 37.0 Å². The average Bonchev–Trinajstić information content (AvgIpc) is 2.44. The first kappa shape index (κ1) is 17.5. The van der Waals surface area contributed by atoms with Crippen molar-refractivity contribution >= 4 is 5.91 Å². The highest BCUT2D eigenvalue weighted by molar-refractivity contribution is 5.77. The number of carbonyl (C=O) groups is 1. The largest absolute Gasteiger partial charge is 0.484 e. The summed E-state index contributed by atoms with van der Waals surface area (Å²) in [6, 6.07) is 8.07. The van der Waals surface area contributed by atoms with Gasteiger partial charge in [-0.05, 0) is 44.0 Å². The summed E-state index contributed by atoms with van der Waals surface area (Å²) in [5.41, 5.74) is 1.22. The minimum Gasteiger partial charge on any atom is -0.484 e. The van der Waals surface area contributed by atoms with Crippen LogP contribution in [0.4, 0.5) is 0 Å². The smallest absolute Gasteiger partial charge is 0.260 e. The highest BCUT2D eigenvalue weighted by Crippen LogP contribution is 2.12. The van der Waals surface area contributed by atoms with E-state index in [0.717, 1.165) is 18.8 Å². The molecule has 0 aliphatic rings. The van der Waals surface area contributed by atoms with E-state index in [1.807, 2.05) is 38.1 Å². The molecule has 0 heterocycles. The molecule has 4 nitrogen and oxygen atoms in total. The molecular formula is C17H28N2O2. The fourth-order valence-electron chi connectivity index (χ4n) is 1.74. The molecule has 0 unspecified atom stereocenters. The van der Waals surface area contributed by atoms with Crippen LogP contribution in [0.15, 0.2) is 24.3 Å². The van der Waals surface area contributed by atoms with Crippen molar-refractivity contribution in [1.82, 2.24) is 10.2 Å². The van der Waals surface area contributed by atoms with E-state index in [2.05, 4.69) is 19.2 Å². The lowest BCUT2D eigenvalue weighted by atomic mass is 10.2. The summed E-state index contributed by atoms with van der Waals surface area (Å²) in [5.74, 6) is 1.37. The second kappa shape index (κ2) is 8.67. The number of hydrogen-bond donors (Lipinski definition) is 1. The highest BCUT2D eigenvalue weighted by atomic mass is 16.5. The van der Waals surface area contributed by atoms with Gasteiger partial charge >= 0.3 is 0 Å². The van der Waals surface area contributed by atoms with Gasteiger partial charge in [0.2, 0.25) is 0 Å². The number of amides is 1. The van der Waals surface area contributed by atoms with Gasteiger partial charge in [-0.3, -0.25) is 4.79 Å². The summed E-state index contributed by atoms with van der Waals surface area (Å²) in [4.78, 5) is 13.5. The van der Waals surface area contributed by atoms with Crippen LogP contribution in [0.3, 0.4) is 0 Å². The first-order valence-electron chi connectivity index (χ1n) is 7.58. The molecule has 0 aromatic heterocycles. The Morgan fingerprint density at radius 3 is 2.33 bits per heavy atom. The van der Waals surface area contributed by atoms with Gasteiger partial charge in [0.05, 0.1) is 0 Å². The van der Waals surface area contributed by atoms with E-state index < -0.39 is 0 Å². The molecule has 0 atom stereocenters. The lowest BCUT2D eigenvalue weighted by molar-refractivity contribution is -0.133. The highest BCUT2D eigenvalue weighted by Gasteiger charge is 2.12. The molecular weight excluding hydrogens is 264 g/mol. The monoisotopic (exact) mass is 292 g/mol. The molecule has 1 N–H and O–H groups in total. The van der Waals surface area contributed by atoms with Gasteiger partial charge in [0.15, 0.2) is 6.61 Å². The number of benzene rings is 1. The summed E-state index contributed by atoms with van der Waals surface area (Å²) < 4.78 is 5.53. The minimum absolute atomic E-state index is 0.00678. The molecule has 0 saturated heterocycles. The fraction of sp³-hybridized carbons (Fsp3) is 0.588. The molecule has 0 aliphatic heterocycles. The summed E-state index contributed by atoms with van der Waals surface area (Å²) in [7, 11) is 1.79. The summed E-state index contributed by atoms with van der Waals surface area (Å²) >= 11 is 0. The van der Waals surface area contributed by atoms with Crippen LogP contribution < -0.4 is 10.1 Å². The molecule has 0 spiro atoms. The van der Waals surface area contributed by atoms with Crippen LogP contribution in [0.2, 0.25) is 0 Å². The predicted molar refractivity (Wildman–Crippen MR) is 86.4 cm³/mol. The van der Waals surface area contributed by atoms with E-state index in [4.69, 9.17) is 4.74 Å². The number of hydrogen-bond acceptors (Lipinski definition) is 3. The molecule has 1 aromatic rings. The third-order valence-corrected chi connectivity index (χ3v) is 3.34.